The summed E-state index contributed by atoms with van der Waals surface area (Å²) in [6.45, 7) is 0. The van der Waals surface area contributed by atoms with E-state index in [0.29, 0.717) is 0 Å². The minimum Gasteiger partial charge on any atom is -0.465 e. The highest BCUT2D eigenvalue weighted by molar-refractivity contribution is 5.89. The number of anilines is 1. The average Bonchev–Trinajstić information content (AvgIpc) is 2.78. The second-order valence-electron chi connectivity index (χ2n) is 4.90. The molecule has 90 valence electrons. The molecule has 1 saturated carbocycles. The van der Waals surface area contributed by atoms with Crippen LogP contribution < -0.4 is 10.6 Å². The normalized spacial score (nSPS) is 30.9. The summed E-state index contributed by atoms with van der Waals surface area (Å²) < 4.78 is 0. The van der Waals surface area contributed by atoms with Crippen LogP contribution >= 0.6 is 0 Å². The summed E-state index contributed by atoms with van der Waals surface area (Å²) in [5, 5.41) is 9.40. The Bertz CT molecular complexity index is 460. The molecule has 0 aromatic heterocycles. The molecule has 0 saturated heterocycles. The van der Waals surface area contributed by atoms with Crippen LogP contribution in [-0.2, 0) is 0 Å². The maximum atomic E-state index is 11.5. The van der Waals surface area contributed by atoms with Crippen molar-refractivity contribution in [1.29, 1.82) is 0 Å². The largest absolute Gasteiger partial charge is 0.465 e. The smallest absolute Gasteiger partial charge is 0.412 e. The Morgan fingerprint density at radius 3 is 2.88 bits per heavy atom. The van der Waals surface area contributed by atoms with Gasteiger partial charge in [-0.25, -0.2) is 4.79 Å². The molecule has 3 rings (SSSR count). The standard InChI is InChI=1S/C13H16N2O2/c14-12-8-4-1-2-6-10(8)15(13(16)17)11-7-3-5-9(11)12/h1-2,4,6,9,11-12H,3,5,7,14H2,(H,16,17)/t9-,11+,12-/m0/s1. The number of nitrogens with two attached hydrogens (primary N) is 1. The van der Waals surface area contributed by atoms with Gasteiger partial charge in [0.15, 0.2) is 0 Å². The lowest BCUT2D eigenvalue weighted by Crippen LogP contribution is -2.49. The molecule has 1 heterocycles. The molecular formula is C13H16N2O2. The Balaban J connectivity index is 2.14. The first kappa shape index (κ1) is 10.6. The zero-order valence-corrected chi connectivity index (χ0v) is 9.54. The first-order valence-corrected chi connectivity index (χ1v) is 6.07. The third kappa shape index (κ3) is 1.44. The highest BCUT2D eigenvalue weighted by atomic mass is 16.4. The van der Waals surface area contributed by atoms with Gasteiger partial charge in [0.25, 0.3) is 0 Å². The minimum atomic E-state index is -0.860. The number of carbonyl (C=O) groups is 1. The molecule has 1 aliphatic carbocycles. The van der Waals surface area contributed by atoms with Gasteiger partial charge < -0.3 is 10.8 Å². The molecule has 0 bridgehead atoms. The zero-order valence-electron chi connectivity index (χ0n) is 9.54. The molecule has 4 nitrogen and oxygen atoms in total. The van der Waals surface area contributed by atoms with Crippen LogP contribution in [0.1, 0.15) is 30.9 Å². The number of hydrogen-bond donors (Lipinski definition) is 2. The van der Waals surface area contributed by atoms with Crippen LogP contribution in [0.2, 0.25) is 0 Å². The van der Waals surface area contributed by atoms with Crippen molar-refractivity contribution in [2.24, 2.45) is 11.7 Å². The van der Waals surface area contributed by atoms with E-state index in [0.717, 1.165) is 30.5 Å². The van der Waals surface area contributed by atoms with Crippen molar-refractivity contribution >= 4 is 11.8 Å². The van der Waals surface area contributed by atoms with E-state index in [9.17, 15) is 9.90 Å². The molecule has 0 spiro atoms. The topological polar surface area (TPSA) is 66.6 Å². The van der Waals surface area contributed by atoms with Crippen LogP contribution in [0.3, 0.4) is 0 Å². The molecule has 4 heteroatoms. The van der Waals surface area contributed by atoms with E-state index in [1.54, 1.807) is 0 Å². The monoisotopic (exact) mass is 232 g/mol. The number of rotatable bonds is 0. The molecule has 1 aromatic rings. The summed E-state index contributed by atoms with van der Waals surface area (Å²) in [7, 11) is 0. The van der Waals surface area contributed by atoms with Crippen molar-refractivity contribution in [3.05, 3.63) is 29.8 Å². The van der Waals surface area contributed by atoms with Crippen LogP contribution in [0.5, 0.6) is 0 Å². The van der Waals surface area contributed by atoms with E-state index in [2.05, 4.69) is 0 Å². The summed E-state index contributed by atoms with van der Waals surface area (Å²) in [4.78, 5) is 13.0. The molecule has 0 unspecified atom stereocenters. The van der Waals surface area contributed by atoms with Gasteiger partial charge in [-0.2, -0.15) is 0 Å². The van der Waals surface area contributed by atoms with Crippen LogP contribution in [-0.4, -0.2) is 17.2 Å². The highest BCUT2D eigenvalue weighted by Crippen LogP contribution is 2.46. The van der Waals surface area contributed by atoms with Gasteiger partial charge in [-0.05, 0) is 30.4 Å². The van der Waals surface area contributed by atoms with Gasteiger partial charge in [0.2, 0.25) is 0 Å². The number of nitrogens with zero attached hydrogens (tertiary/aromatic N) is 1. The molecular weight excluding hydrogens is 216 g/mol. The lowest BCUT2D eigenvalue weighted by atomic mass is 9.83. The zero-order chi connectivity index (χ0) is 12.0. The fourth-order valence-electron chi connectivity index (χ4n) is 3.35. The van der Waals surface area contributed by atoms with Gasteiger partial charge in [-0.15, -0.1) is 0 Å². The lowest BCUT2D eigenvalue weighted by Gasteiger charge is -2.40. The third-order valence-corrected chi connectivity index (χ3v) is 4.09. The second-order valence-corrected chi connectivity index (χ2v) is 4.90. The fraction of sp³-hybridized carbons (Fsp3) is 0.462. The number of hydrogen-bond acceptors (Lipinski definition) is 2. The van der Waals surface area contributed by atoms with Gasteiger partial charge in [-0.1, -0.05) is 24.6 Å². The number of fused-ring (bicyclic) bond motifs is 2. The molecule has 17 heavy (non-hydrogen) atoms. The molecule has 0 radical (unpaired) electrons. The number of para-hydroxylation sites is 1. The van der Waals surface area contributed by atoms with E-state index in [1.807, 2.05) is 24.3 Å². The summed E-state index contributed by atoms with van der Waals surface area (Å²) in [6, 6.07) is 7.65. The first-order chi connectivity index (χ1) is 8.20. The average molecular weight is 232 g/mol. The predicted octanol–water partition coefficient (Wildman–Crippen LogP) is 2.35. The van der Waals surface area contributed by atoms with E-state index in [4.69, 9.17) is 5.73 Å². The quantitative estimate of drug-likeness (QED) is 0.721. The molecule has 2 aliphatic rings. The SMILES string of the molecule is N[C@H]1c2ccccc2N(C(=O)O)[C@@H]2CCC[C@@H]21. The van der Waals surface area contributed by atoms with Crippen molar-refractivity contribution in [2.45, 2.75) is 31.3 Å². The molecule has 1 aromatic carbocycles. The molecule has 3 atom stereocenters. The van der Waals surface area contributed by atoms with E-state index in [-0.39, 0.29) is 18.0 Å². The number of benzene rings is 1. The molecule has 1 amide bonds. The van der Waals surface area contributed by atoms with Crippen LogP contribution in [0.25, 0.3) is 0 Å². The molecule has 1 aliphatic heterocycles. The van der Waals surface area contributed by atoms with Crippen LogP contribution in [0.15, 0.2) is 24.3 Å². The maximum absolute atomic E-state index is 11.5. The minimum absolute atomic E-state index is 0.0192. The van der Waals surface area contributed by atoms with Crippen molar-refractivity contribution < 1.29 is 9.90 Å². The van der Waals surface area contributed by atoms with Crippen molar-refractivity contribution in [3.8, 4) is 0 Å². The molecule has 3 N–H and O–H groups in total. The van der Waals surface area contributed by atoms with Gasteiger partial charge in [0.1, 0.15) is 0 Å². The van der Waals surface area contributed by atoms with Crippen molar-refractivity contribution in [2.75, 3.05) is 4.90 Å². The van der Waals surface area contributed by atoms with Crippen molar-refractivity contribution in [1.82, 2.24) is 0 Å². The van der Waals surface area contributed by atoms with Crippen LogP contribution in [0, 0.1) is 5.92 Å². The highest BCUT2D eigenvalue weighted by Gasteiger charge is 2.44. The Labute approximate surface area is 100 Å². The maximum Gasteiger partial charge on any atom is 0.412 e. The predicted molar refractivity (Wildman–Crippen MR) is 65.0 cm³/mol. The van der Waals surface area contributed by atoms with Gasteiger partial charge in [0.05, 0.1) is 5.69 Å². The van der Waals surface area contributed by atoms with Crippen LogP contribution in [0.4, 0.5) is 10.5 Å². The number of amides is 1. The Morgan fingerprint density at radius 2 is 2.12 bits per heavy atom. The van der Waals surface area contributed by atoms with E-state index >= 15 is 0 Å². The lowest BCUT2D eigenvalue weighted by molar-refractivity contribution is 0.194. The van der Waals surface area contributed by atoms with Crippen molar-refractivity contribution in [3.63, 3.8) is 0 Å². The summed E-state index contributed by atoms with van der Waals surface area (Å²) in [6.07, 6.45) is 2.17. The Hall–Kier alpha value is -1.55. The number of carboxylic acid groups (broad SMARTS) is 1. The summed E-state index contributed by atoms with van der Waals surface area (Å²) in [5.41, 5.74) is 8.02. The fourth-order valence-corrected chi connectivity index (χ4v) is 3.35. The third-order valence-electron chi connectivity index (χ3n) is 4.09. The van der Waals surface area contributed by atoms with E-state index in [1.165, 1.54) is 4.90 Å². The van der Waals surface area contributed by atoms with Gasteiger partial charge in [0, 0.05) is 12.1 Å². The Kier molecular flexibility index (Phi) is 2.33. The van der Waals surface area contributed by atoms with Gasteiger partial charge in [-0.3, -0.25) is 4.90 Å². The Morgan fingerprint density at radius 1 is 1.35 bits per heavy atom. The first-order valence-electron chi connectivity index (χ1n) is 6.07. The summed E-state index contributed by atoms with van der Waals surface area (Å²) in [5.74, 6) is 0.279. The molecule has 1 fully saturated rings. The second kappa shape index (κ2) is 3.74. The van der Waals surface area contributed by atoms with E-state index < -0.39 is 6.09 Å². The summed E-state index contributed by atoms with van der Waals surface area (Å²) >= 11 is 0. The van der Waals surface area contributed by atoms with Gasteiger partial charge >= 0.3 is 6.09 Å².